The van der Waals surface area contributed by atoms with Crippen molar-refractivity contribution in [3.8, 4) is 5.75 Å². The number of carbonyl (C=O) groups is 1. The molecule has 4 aromatic rings. The summed E-state index contributed by atoms with van der Waals surface area (Å²) in [6, 6.07) is 38.2. The summed E-state index contributed by atoms with van der Waals surface area (Å²) >= 11 is 3.27. The van der Waals surface area contributed by atoms with E-state index >= 15 is 0 Å². The van der Waals surface area contributed by atoms with Crippen LogP contribution in [0.2, 0.25) is 0 Å². The molecule has 1 atom stereocenters. The van der Waals surface area contributed by atoms with Gasteiger partial charge in [-0.15, -0.1) is 0 Å². The molecule has 33 heavy (non-hydrogen) atoms. The Morgan fingerprint density at radius 2 is 1.18 bits per heavy atom. The van der Waals surface area contributed by atoms with Crippen molar-refractivity contribution in [2.45, 2.75) is 19.9 Å². The zero-order chi connectivity index (χ0) is 22.7. The lowest BCUT2D eigenvalue weighted by molar-refractivity contribution is -0.124. The lowest BCUT2D eigenvalue weighted by Gasteiger charge is -2.55. The predicted molar refractivity (Wildman–Crippen MR) is 137 cm³/mol. The maximum absolute atomic E-state index is 14.1. The van der Waals surface area contributed by atoms with E-state index < -0.39 is 4.08 Å². The Labute approximate surface area is 202 Å². The number of rotatable bonds is 7. The second kappa shape index (κ2) is 9.38. The van der Waals surface area contributed by atoms with Crippen LogP contribution in [0.25, 0.3) is 0 Å². The molecule has 0 radical (unpaired) electrons. The summed E-state index contributed by atoms with van der Waals surface area (Å²) < 4.78 is 4.59. The summed E-state index contributed by atoms with van der Waals surface area (Å²) in [6.07, 6.45) is 0. The smallest absolute Gasteiger partial charge is 0.257 e. The molecule has 1 fully saturated rings. The molecule has 0 unspecified atom stereocenters. The first kappa shape index (κ1) is 21.7. The van der Waals surface area contributed by atoms with Gasteiger partial charge in [-0.05, 0) is 54.1 Å². The highest BCUT2D eigenvalue weighted by atomic mass is 32.2. The third-order valence-electron chi connectivity index (χ3n) is 5.63. The standard InChI is InChI=1S/C28H23NO2S2/c1-31-23-19-17-22(18-20-23)29-26(21-11-5-2-6-12-21)28(27(29)30,32-24-13-7-3-8-14-24)33-25-15-9-4-10-16-25/h2-20,26H,1H3/t26-/m1/s1. The molecule has 0 spiro atoms. The minimum atomic E-state index is -0.732. The molecule has 1 aliphatic heterocycles. The van der Waals surface area contributed by atoms with E-state index in [9.17, 15) is 4.79 Å². The summed E-state index contributed by atoms with van der Waals surface area (Å²) in [7, 11) is 1.65. The summed E-state index contributed by atoms with van der Waals surface area (Å²) in [5.41, 5.74) is 1.98. The van der Waals surface area contributed by atoms with Crippen LogP contribution in [0.5, 0.6) is 5.75 Å². The summed E-state index contributed by atoms with van der Waals surface area (Å²) in [4.78, 5) is 18.1. The number of thioether (sulfide) groups is 2. The zero-order valence-electron chi connectivity index (χ0n) is 18.1. The van der Waals surface area contributed by atoms with Crippen LogP contribution < -0.4 is 9.64 Å². The number of ether oxygens (including phenoxy) is 1. The summed E-state index contributed by atoms with van der Waals surface area (Å²) in [5.74, 6) is 0.857. The molecule has 1 amide bonds. The van der Waals surface area contributed by atoms with Crippen LogP contribution in [0.15, 0.2) is 125 Å². The van der Waals surface area contributed by atoms with Gasteiger partial charge >= 0.3 is 0 Å². The molecular formula is C28H23NO2S2. The Bertz CT molecular complexity index is 1170. The van der Waals surface area contributed by atoms with E-state index in [1.165, 1.54) is 0 Å². The van der Waals surface area contributed by atoms with Crippen molar-refractivity contribution in [2.24, 2.45) is 0 Å². The van der Waals surface area contributed by atoms with Crippen LogP contribution in [0.1, 0.15) is 11.6 Å². The van der Waals surface area contributed by atoms with Crippen LogP contribution in [0, 0.1) is 0 Å². The highest BCUT2D eigenvalue weighted by molar-refractivity contribution is 8.19. The third-order valence-corrected chi connectivity index (χ3v) is 8.54. The molecule has 0 bridgehead atoms. The van der Waals surface area contributed by atoms with E-state index in [4.69, 9.17) is 4.74 Å². The van der Waals surface area contributed by atoms with Crippen LogP contribution in [0.3, 0.4) is 0 Å². The van der Waals surface area contributed by atoms with Gasteiger partial charge in [0.05, 0.1) is 13.2 Å². The second-order valence-corrected chi connectivity index (χ2v) is 10.6. The monoisotopic (exact) mass is 469 g/mol. The number of amides is 1. The first-order valence-electron chi connectivity index (χ1n) is 10.7. The number of hydrogen-bond acceptors (Lipinski definition) is 4. The Hall–Kier alpha value is -3.15. The molecule has 5 rings (SSSR count). The Morgan fingerprint density at radius 1 is 0.697 bits per heavy atom. The maximum atomic E-state index is 14.1. The van der Waals surface area contributed by atoms with Crippen molar-refractivity contribution in [3.05, 3.63) is 121 Å². The van der Waals surface area contributed by atoms with Gasteiger partial charge in [0.15, 0.2) is 4.08 Å². The average Bonchev–Trinajstić information content (AvgIpc) is 2.88. The number of hydrogen-bond donors (Lipinski definition) is 0. The van der Waals surface area contributed by atoms with Crippen molar-refractivity contribution in [1.82, 2.24) is 0 Å². The quantitative estimate of drug-likeness (QED) is 0.214. The van der Waals surface area contributed by atoms with E-state index in [0.717, 1.165) is 26.8 Å². The fraction of sp³-hybridized carbons (Fsp3) is 0.107. The number of β-lactam (4-membered cyclic amide) rings is 1. The maximum Gasteiger partial charge on any atom is 0.257 e. The van der Waals surface area contributed by atoms with Crippen molar-refractivity contribution >= 4 is 35.1 Å². The molecule has 4 aromatic carbocycles. The molecule has 164 valence electrons. The van der Waals surface area contributed by atoms with Crippen LogP contribution in [-0.2, 0) is 4.79 Å². The largest absolute Gasteiger partial charge is 0.497 e. The lowest BCUT2D eigenvalue weighted by Crippen LogP contribution is -2.65. The predicted octanol–water partition coefficient (Wildman–Crippen LogP) is 7.06. The molecule has 0 N–H and O–H groups in total. The number of anilines is 1. The Morgan fingerprint density at radius 3 is 1.67 bits per heavy atom. The second-order valence-electron chi connectivity index (χ2n) is 7.68. The molecule has 1 aliphatic rings. The normalized spacial score (nSPS) is 16.8. The van der Waals surface area contributed by atoms with Crippen molar-refractivity contribution in [1.29, 1.82) is 0 Å². The fourth-order valence-corrected chi connectivity index (χ4v) is 7.17. The van der Waals surface area contributed by atoms with Gasteiger partial charge in [0.25, 0.3) is 5.91 Å². The number of methoxy groups -OCH3 is 1. The number of carbonyl (C=O) groups excluding carboxylic acids is 1. The summed E-state index contributed by atoms with van der Waals surface area (Å²) in [6.45, 7) is 0. The SMILES string of the molecule is COc1ccc(N2C(=O)C(Sc3ccccc3)(Sc3ccccc3)[C@H]2c2ccccc2)cc1. The number of benzene rings is 4. The van der Waals surface area contributed by atoms with Crippen LogP contribution >= 0.6 is 23.5 Å². The topological polar surface area (TPSA) is 29.5 Å². The van der Waals surface area contributed by atoms with Crippen molar-refractivity contribution in [2.75, 3.05) is 12.0 Å². The molecule has 5 heteroatoms. The Kier molecular flexibility index (Phi) is 6.16. The van der Waals surface area contributed by atoms with Gasteiger partial charge in [-0.1, -0.05) is 90.3 Å². The van der Waals surface area contributed by atoms with Gasteiger partial charge < -0.3 is 9.64 Å². The molecule has 0 aliphatic carbocycles. The molecule has 1 saturated heterocycles. The van der Waals surface area contributed by atoms with Crippen LogP contribution in [-0.4, -0.2) is 17.1 Å². The van der Waals surface area contributed by atoms with Gasteiger partial charge in [0.1, 0.15) is 5.75 Å². The molecular weight excluding hydrogens is 446 g/mol. The molecule has 1 heterocycles. The highest BCUT2D eigenvalue weighted by Gasteiger charge is 2.63. The van der Waals surface area contributed by atoms with Crippen LogP contribution in [0.4, 0.5) is 5.69 Å². The molecule has 0 saturated carbocycles. The zero-order valence-corrected chi connectivity index (χ0v) is 19.8. The Balaban J connectivity index is 1.62. The van der Waals surface area contributed by atoms with E-state index in [-0.39, 0.29) is 11.9 Å². The van der Waals surface area contributed by atoms with E-state index in [1.807, 2.05) is 83.8 Å². The highest BCUT2D eigenvalue weighted by Crippen LogP contribution is 2.63. The van der Waals surface area contributed by atoms with Crippen molar-refractivity contribution in [3.63, 3.8) is 0 Å². The van der Waals surface area contributed by atoms with Gasteiger partial charge in [-0.2, -0.15) is 0 Å². The first-order valence-corrected chi connectivity index (χ1v) is 12.4. The average molecular weight is 470 g/mol. The lowest BCUT2D eigenvalue weighted by atomic mass is 9.91. The minimum absolute atomic E-state index is 0.0872. The van der Waals surface area contributed by atoms with E-state index in [2.05, 4.69) is 36.4 Å². The first-order chi connectivity index (χ1) is 16.2. The number of nitrogens with zero attached hydrogens (tertiary/aromatic N) is 1. The van der Waals surface area contributed by atoms with Gasteiger partial charge in [0, 0.05) is 15.5 Å². The molecule has 3 nitrogen and oxygen atoms in total. The van der Waals surface area contributed by atoms with Gasteiger partial charge in [-0.3, -0.25) is 4.79 Å². The van der Waals surface area contributed by atoms with E-state index in [0.29, 0.717) is 0 Å². The third kappa shape index (κ3) is 4.14. The van der Waals surface area contributed by atoms with Gasteiger partial charge in [-0.25, -0.2) is 0 Å². The van der Waals surface area contributed by atoms with Crippen molar-refractivity contribution < 1.29 is 9.53 Å². The summed E-state index contributed by atoms with van der Waals surface area (Å²) in [5, 5.41) is 0. The minimum Gasteiger partial charge on any atom is -0.497 e. The molecule has 0 aromatic heterocycles. The van der Waals surface area contributed by atoms with E-state index in [1.54, 1.807) is 30.6 Å². The fourth-order valence-electron chi connectivity index (χ4n) is 4.07. The van der Waals surface area contributed by atoms with Gasteiger partial charge in [0.2, 0.25) is 0 Å².